The second-order valence-corrected chi connectivity index (χ2v) is 5.04. The number of hydrogen-bond donors (Lipinski definition) is 2. The van der Waals surface area contributed by atoms with Crippen molar-refractivity contribution in [2.45, 2.75) is 26.7 Å². The Balaban J connectivity index is 2.43. The number of hydrogen-bond acceptors (Lipinski definition) is 5. The van der Waals surface area contributed by atoms with Crippen LogP contribution in [0.3, 0.4) is 0 Å². The summed E-state index contributed by atoms with van der Waals surface area (Å²) in [5.74, 6) is 0.878. The lowest BCUT2D eigenvalue weighted by atomic mass is 10.1. The molecule has 0 aliphatic carbocycles. The zero-order valence-corrected chi connectivity index (χ0v) is 12.1. The number of nitrogens with zero attached hydrogens (tertiary/aromatic N) is 1. The van der Waals surface area contributed by atoms with Crippen LogP contribution in [0.5, 0.6) is 11.6 Å². The van der Waals surface area contributed by atoms with Crippen molar-refractivity contribution in [2.75, 3.05) is 5.73 Å². The number of ether oxygens (including phenoxy) is 1. The number of anilines is 1. The van der Waals surface area contributed by atoms with E-state index in [-0.39, 0.29) is 23.1 Å². The third kappa shape index (κ3) is 3.47. The Bertz CT molecular complexity index is 735. The van der Waals surface area contributed by atoms with Crippen molar-refractivity contribution >= 4 is 11.5 Å². The van der Waals surface area contributed by atoms with E-state index in [1.54, 1.807) is 12.1 Å². The van der Waals surface area contributed by atoms with E-state index in [0.717, 1.165) is 0 Å². The van der Waals surface area contributed by atoms with Crippen molar-refractivity contribution in [3.8, 4) is 11.6 Å². The zero-order chi connectivity index (χ0) is 15.6. The molecule has 2 rings (SSSR count). The Morgan fingerprint density at radius 1 is 1.33 bits per heavy atom. The summed E-state index contributed by atoms with van der Waals surface area (Å²) in [6.45, 7) is 5.24. The Labute approximate surface area is 122 Å². The van der Waals surface area contributed by atoms with Crippen molar-refractivity contribution in [1.29, 1.82) is 0 Å². The van der Waals surface area contributed by atoms with Crippen LogP contribution in [0.4, 0.5) is 5.69 Å². The summed E-state index contributed by atoms with van der Waals surface area (Å²) in [5, 5.41) is 0. The number of benzene rings is 1. The van der Waals surface area contributed by atoms with Gasteiger partial charge < -0.3 is 15.5 Å². The fourth-order valence-electron chi connectivity index (χ4n) is 1.80. The smallest absolute Gasteiger partial charge is 0.254 e. The first-order valence-corrected chi connectivity index (χ1v) is 6.56. The number of aromatic amines is 1. The average Bonchev–Trinajstić information content (AvgIpc) is 2.40. The molecular weight excluding hydrogens is 270 g/mol. The number of carbonyl (C=O) groups is 1. The van der Waals surface area contributed by atoms with E-state index in [0.29, 0.717) is 22.8 Å². The maximum Gasteiger partial charge on any atom is 0.254 e. The fourth-order valence-corrected chi connectivity index (χ4v) is 1.80. The van der Waals surface area contributed by atoms with Gasteiger partial charge in [-0.2, -0.15) is 4.98 Å². The van der Waals surface area contributed by atoms with Crippen LogP contribution < -0.4 is 16.0 Å². The molecule has 0 radical (unpaired) electrons. The van der Waals surface area contributed by atoms with Crippen LogP contribution in [0.25, 0.3) is 0 Å². The number of Topliss-reactive ketones (excluding diaryl/α,β-unsaturated/α-hetero) is 1. The molecule has 3 N–H and O–H groups in total. The zero-order valence-electron chi connectivity index (χ0n) is 12.1. The third-order valence-electron chi connectivity index (χ3n) is 2.88. The lowest BCUT2D eigenvalue weighted by molar-refractivity contribution is 0.101. The number of carbonyl (C=O) groups excluding carboxylic acids is 1. The molecule has 0 unspecified atom stereocenters. The van der Waals surface area contributed by atoms with Crippen molar-refractivity contribution in [1.82, 2.24) is 9.97 Å². The number of ketones is 1. The molecule has 110 valence electrons. The van der Waals surface area contributed by atoms with E-state index >= 15 is 0 Å². The minimum absolute atomic E-state index is 0.0555. The van der Waals surface area contributed by atoms with Crippen molar-refractivity contribution < 1.29 is 9.53 Å². The summed E-state index contributed by atoms with van der Waals surface area (Å²) in [6.07, 6.45) is 0. The quantitative estimate of drug-likeness (QED) is 0.665. The molecule has 1 heterocycles. The molecule has 2 aromatic rings. The molecule has 6 nitrogen and oxygen atoms in total. The van der Waals surface area contributed by atoms with Crippen molar-refractivity contribution in [3.63, 3.8) is 0 Å². The minimum Gasteiger partial charge on any atom is -0.438 e. The Morgan fingerprint density at radius 3 is 2.67 bits per heavy atom. The molecular formula is C15H17N3O3. The van der Waals surface area contributed by atoms with Gasteiger partial charge in [-0.3, -0.25) is 9.59 Å². The summed E-state index contributed by atoms with van der Waals surface area (Å²) < 4.78 is 5.59. The highest BCUT2D eigenvalue weighted by Crippen LogP contribution is 2.26. The van der Waals surface area contributed by atoms with Gasteiger partial charge in [-0.05, 0) is 25.1 Å². The largest absolute Gasteiger partial charge is 0.438 e. The van der Waals surface area contributed by atoms with Gasteiger partial charge in [0.25, 0.3) is 5.56 Å². The first-order chi connectivity index (χ1) is 9.86. The van der Waals surface area contributed by atoms with Gasteiger partial charge in [-0.15, -0.1) is 0 Å². The minimum atomic E-state index is -0.302. The SMILES string of the molecule is CC(=O)c1cc(N)ccc1Oc1cc(=O)[nH]c(C(C)C)n1. The predicted molar refractivity (Wildman–Crippen MR) is 79.9 cm³/mol. The number of nitrogen functional groups attached to an aromatic ring is 1. The number of nitrogens with one attached hydrogen (secondary N) is 1. The molecule has 21 heavy (non-hydrogen) atoms. The summed E-state index contributed by atoms with van der Waals surface area (Å²) in [4.78, 5) is 30.1. The van der Waals surface area contributed by atoms with Crippen LogP contribution in [-0.4, -0.2) is 15.8 Å². The first kappa shape index (κ1) is 14.8. The lowest BCUT2D eigenvalue weighted by Crippen LogP contribution is -2.12. The summed E-state index contributed by atoms with van der Waals surface area (Å²) >= 11 is 0. The normalized spacial score (nSPS) is 10.7. The van der Waals surface area contributed by atoms with E-state index in [9.17, 15) is 9.59 Å². The van der Waals surface area contributed by atoms with E-state index < -0.39 is 0 Å². The summed E-state index contributed by atoms with van der Waals surface area (Å²) in [7, 11) is 0. The van der Waals surface area contributed by atoms with Gasteiger partial charge in [0.05, 0.1) is 11.6 Å². The van der Waals surface area contributed by atoms with Gasteiger partial charge >= 0.3 is 0 Å². The molecule has 0 spiro atoms. The van der Waals surface area contributed by atoms with Crippen LogP contribution in [0.2, 0.25) is 0 Å². The van der Waals surface area contributed by atoms with Gasteiger partial charge in [0.15, 0.2) is 5.78 Å². The van der Waals surface area contributed by atoms with Crippen LogP contribution in [0, 0.1) is 0 Å². The summed E-state index contributed by atoms with van der Waals surface area (Å²) in [6, 6.07) is 5.99. The maximum absolute atomic E-state index is 11.6. The van der Waals surface area contributed by atoms with E-state index in [1.807, 2.05) is 13.8 Å². The summed E-state index contributed by atoms with van der Waals surface area (Å²) in [5.41, 5.74) is 6.18. The topological polar surface area (TPSA) is 98.1 Å². The molecule has 0 saturated carbocycles. The number of H-pyrrole nitrogens is 1. The molecule has 0 amide bonds. The van der Waals surface area contributed by atoms with Gasteiger partial charge in [0, 0.05) is 11.6 Å². The van der Waals surface area contributed by atoms with Crippen LogP contribution in [0.15, 0.2) is 29.1 Å². The molecule has 0 saturated heterocycles. The van der Waals surface area contributed by atoms with Gasteiger partial charge in [-0.1, -0.05) is 13.8 Å². The number of aromatic nitrogens is 2. The monoisotopic (exact) mass is 287 g/mol. The van der Waals surface area contributed by atoms with Crippen LogP contribution in [0.1, 0.15) is 42.9 Å². The van der Waals surface area contributed by atoms with Gasteiger partial charge in [0.2, 0.25) is 5.88 Å². The van der Waals surface area contributed by atoms with E-state index in [4.69, 9.17) is 10.5 Å². The molecule has 0 aliphatic rings. The molecule has 0 atom stereocenters. The van der Waals surface area contributed by atoms with Crippen LogP contribution >= 0.6 is 0 Å². The predicted octanol–water partition coefficient (Wildman–Crippen LogP) is 2.47. The fraction of sp³-hybridized carbons (Fsp3) is 0.267. The molecule has 1 aromatic heterocycles. The maximum atomic E-state index is 11.6. The van der Waals surface area contributed by atoms with Crippen molar-refractivity contribution in [3.05, 3.63) is 46.0 Å². The second kappa shape index (κ2) is 5.78. The Morgan fingerprint density at radius 2 is 2.05 bits per heavy atom. The lowest BCUT2D eigenvalue weighted by Gasteiger charge is -2.11. The highest BCUT2D eigenvalue weighted by molar-refractivity contribution is 5.97. The van der Waals surface area contributed by atoms with Gasteiger partial charge in [-0.25, -0.2) is 0 Å². The Hall–Kier alpha value is -2.63. The van der Waals surface area contributed by atoms with Crippen molar-refractivity contribution in [2.24, 2.45) is 0 Å². The highest BCUT2D eigenvalue weighted by Gasteiger charge is 2.12. The van der Waals surface area contributed by atoms with Gasteiger partial charge in [0.1, 0.15) is 11.6 Å². The molecule has 1 aromatic carbocycles. The third-order valence-corrected chi connectivity index (χ3v) is 2.88. The molecule has 0 bridgehead atoms. The highest BCUT2D eigenvalue weighted by atomic mass is 16.5. The van der Waals surface area contributed by atoms with E-state index in [1.165, 1.54) is 19.1 Å². The average molecular weight is 287 g/mol. The number of nitrogens with two attached hydrogens (primary N) is 1. The van der Waals surface area contributed by atoms with E-state index in [2.05, 4.69) is 9.97 Å². The Kier molecular flexibility index (Phi) is 4.07. The standard InChI is InChI=1S/C15H17N3O3/c1-8(2)15-17-13(20)7-14(18-15)21-12-5-4-10(16)6-11(12)9(3)19/h4-8H,16H2,1-3H3,(H,17,18,20). The molecule has 0 aliphatic heterocycles. The molecule has 0 fully saturated rings. The molecule has 6 heteroatoms. The second-order valence-electron chi connectivity index (χ2n) is 5.04. The van der Waals surface area contributed by atoms with Crippen LogP contribution in [-0.2, 0) is 0 Å². The first-order valence-electron chi connectivity index (χ1n) is 6.56. The number of rotatable bonds is 4.